The summed E-state index contributed by atoms with van der Waals surface area (Å²) in [5.74, 6) is -1.18. The molecule has 0 aliphatic rings. The van der Waals surface area contributed by atoms with Crippen LogP contribution in [0.1, 0.15) is 32.6 Å². The number of hydrogen-bond acceptors (Lipinski definition) is 4. The Morgan fingerprint density at radius 3 is 2.50 bits per heavy atom. The van der Waals surface area contributed by atoms with E-state index in [4.69, 9.17) is 9.26 Å². The highest BCUT2D eigenvalue weighted by molar-refractivity contribution is 7.39. The molecule has 2 unspecified atom stereocenters. The van der Waals surface area contributed by atoms with E-state index in [1.165, 1.54) is 0 Å². The third-order valence-corrected chi connectivity index (χ3v) is 4.19. The molecule has 118 valence electrons. The second-order valence-corrected chi connectivity index (χ2v) is 7.38. The van der Waals surface area contributed by atoms with Crippen LogP contribution in [0.4, 0.5) is 0 Å². The molecule has 0 saturated heterocycles. The van der Waals surface area contributed by atoms with Crippen molar-refractivity contribution in [1.82, 2.24) is 0 Å². The lowest BCUT2D eigenvalue weighted by Gasteiger charge is -2.24. The summed E-state index contributed by atoms with van der Waals surface area (Å²) in [4.78, 5) is 11.3. The number of esters is 1. The Morgan fingerprint density at radius 1 is 1.35 bits per heavy atom. The maximum Gasteiger partial charge on any atom is 0.330 e. The van der Waals surface area contributed by atoms with Gasteiger partial charge in [-0.3, -0.25) is 4.57 Å². The number of carbonyl (C=O) groups is 1. The highest BCUT2D eigenvalue weighted by Crippen LogP contribution is 2.34. The van der Waals surface area contributed by atoms with Gasteiger partial charge in [-0.2, -0.15) is 0 Å². The summed E-state index contributed by atoms with van der Waals surface area (Å²) >= 11 is 0. The lowest BCUT2D eigenvalue weighted by molar-refractivity contribution is -0.870. The highest BCUT2D eigenvalue weighted by atomic mass is 31.1. The van der Waals surface area contributed by atoms with Crippen molar-refractivity contribution in [3.05, 3.63) is 12.7 Å². The summed E-state index contributed by atoms with van der Waals surface area (Å²) in [5.41, 5.74) is 0. The van der Waals surface area contributed by atoms with Crippen LogP contribution < -0.4 is 0 Å². The van der Waals surface area contributed by atoms with Crippen LogP contribution in [-0.4, -0.2) is 50.6 Å². The average molecular weight is 306 g/mol. The predicted octanol–water partition coefficient (Wildman–Crippen LogP) is 2.82. The molecular weight excluding hydrogens is 277 g/mol. The fourth-order valence-electron chi connectivity index (χ4n) is 1.51. The molecule has 0 aromatic heterocycles. The van der Waals surface area contributed by atoms with Gasteiger partial charge in [0.05, 0.1) is 21.1 Å². The maximum absolute atomic E-state index is 12.1. The van der Waals surface area contributed by atoms with Gasteiger partial charge in [0.1, 0.15) is 13.2 Å². The molecule has 6 heteroatoms. The number of nitrogens with zero attached hydrogens (tertiary/aromatic N) is 1. The fourth-order valence-corrected chi connectivity index (χ4v) is 2.64. The van der Waals surface area contributed by atoms with Crippen LogP contribution in [0.25, 0.3) is 0 Å². The first-order valence-electron chi connectivity index (χ1n) is 7.10. The molecule has 0 aliphatic heterocycles. The summed E-state index contributed by atoms with van der Waals surface area (Å²) in [5, 5.41) is 0. The summed E-state index contributed by atoms with van der Waals surface area (Å²) in [6.07, 6.45) is 4.63. The second kappa shape index (κ2) is 10.1. The maximum atomic E-state index is 12.1. The van der Waals surface area contributed by atoms with Crippen molar-refractivity contribution in [1.29, 1.82) is 0 Å². The van der Waals surface area contributed by atoms with E-state index < -0.39 is 19.8 Å². The Morgan fingerprint density at radius 2 is 2.00 bits per heavy atom. The van der Waals surface area contributed by atoms with Crippen molar-refractivity contribution in [3.63, 3.8) is 0 Å². The molecule has 0 saturated carbocycles. The van der Waals surface area contributed by atoms with Crippen molar-refractivity contribution < 1.29 is 23.1 Å². The minimum absolute atomic E-state index is 0.400. The molecule has 0 bridgehead atoms. The molecule has 0 amide bonds. The van der Waals surface area contributed by atoms with Crippen molar-refractivity contribution in [2.75, 3.05) is 34.3 Å². The molecule has 0 aromatic carbocycles. The second-order valence-electron chi connectivity index (χ2n) is 5.81. The Balaban J connectivity index is 4.31. The number of unbranched alkanes of at least 4 members (excludes halogenated alkanes) is 2. The van der Waals surface area contributed by atoms with Gasteiger partial charge in [-0.15, -0.1) is 0 Å². The summed E-state index contributed by atoms with van der Waals surface area (Å²) in [7, 11) is 3.73. The first-order valence-corrected chi connectivity index (χ1v) is 8.49. The van der Waals surface area contributed by atoms with Gasteiger partial charge < -0.3 is 13.7 Å². The van der Waals surface area contributed by atoms with E-state index in [9.17, 15) is 9.36 Å². The van der Waals surface area contributed by atoms with Gasteiger partial charge in [-0.1, -0.05) is 26.3 Å². The largest absolute Gasteiger partial charge is 0.449 e. The van der Waals surface area contributed by atoms with Gasteiger partial charge in [0.2, 0.25) is 8.03 Å². The third kappa shape index (κ3) is 10.2. The van der Waals surface area contributed by atoms with Crippen molar-refractivity contribution in [2.24, 2.45) is 0 Å². The minimum Gasteiger partial charge on any atom is -0.449 e. The van der Waals surface area contributed by atoms with Gasteiger partial charge in [-0.25, -0.2) is 4.79 Å². The zero-order valence-electron chi connectivity index (χ0n) is 13.2. The molecule has 0 radical (unpaired) electrons. The number of ether oxygens (including phenoxy) is 1. The Kier molecular flexibility index (Phi) is 9.82. The quantitative estimate of drug-likeness (QED) is 0.194. The van der Waals surface area contributed by atoms with E-state index in [1.54, 1.807) is 0 Å². The number of likely N-dealkylation sites (N-methyl/N-ethyl adjacent to an activating group) is 1. The fraction of sp³-hybridized carbons (Fsp3) is 0.786. The summed E-state index contributed by atoms with van der Waals surface area (Å²) in [6, 6.07) is 0. The molecule has 0 N–H and O–H groups in total. The molecular formula is C14H29NO4P+. The molecule has 0 aliphatic carbocycles. The molecule has 0 heterocycles. The zero-order chi connectivity index (χ0) is 15.6. The standard InChI is InChI=1S/C14H29NO4P/c1-6-8-9-10-14(19-13(16)7-2)20(17)18-12-11-15(3,4)5/h7,14,20H,2,6,8-12H2,1,3-5H3/q+1. The topological polar surface area (TPSA) is 52.6 Å². The molecule has 0 fully saturated rings. The Hall–Kier alpha value is -0.640. The first-order chi connectivity index (χ1) is 9.30. The Labute approximate surface area is 123 Å². The zero-order valence-corrected chi connectivity index (χ0v) is 14.2. The van der Waals surface area contributed by atoms with Crippen LogP contribution in [0.5, 0.6) is 0 Å². The van der Waals surface area contributed by atoms with E-state index in [1.807, 2.05) is 21.1 Å². The van der Waals surface area contributed by atoms with Crippen molar-refractivity contribution in [3.8, 4) is 0 Å². The van der Waals surface area contributed by atoms with Gasteiger partial charge in [0.25, 0.3) is 0 Å². The third-order valence-electron chi connectivity index (χ3n) is 2.76. The van der Waals surface area contributed by atoms with Crippen molar-refractivity contribution >= 4 is 14.0 Å². The van der Waals surface area contributed by atoms with Crippen LogP contribution >= 0.6 is 8.03 Å². The van der Waals surface area contributed by atoms with Crippen LogP contribution in [0.15, 0.2) is 12.7 Å². The molecule has 2 atom stereocenters. The molecule has 0 spiro atoms. The predicted molar refractivity (Wildman–Crippen MR) is 82.1 cm³/mol. The van der Waals surface area contributed by atoms with Crippen LogP contribution in [0, 0.1) is 0 Å². The van der Waals surface area contributed by atoms with E-state index in [2.05, 4.69) is 13.5 Å². The lowest BCUT2D eigenvalue weighted by Crippen LogP contribution is -2.37. The van der Waals surface area contributed by atoms with Crippen LogP contribution in [0.3, 0.4) is 0 Å². The molecule has 0 rings (SSSR count). The summed E-state index contributed by atoms with van der Waals surface area (Å²) in [6.45, 7) is 6.60. The number of quaternary nitrogens is 1. The normalized spacial score (nSPS) is 14.6. The number of hydrogen-bond donors (Lipinski definition) is 0. The van der Waals surface area contributed by atoms with Gasteiger partial charge in [0.15, 0.2) is 5.85 Å². The molecule has 0 aromatic rings. The smallest absolute Gasteiger partial charge is 0.330 e. The molecule has 5 nitrogen and oxygen atoms in total. The number of rotatable bonds is 11. The van der Waals surface area contributed by atoms with Crippen LogP contribution in [0.2, 0.25) is 0 Å². The van der Waals surface area contributed by atoms with E-state index in [-0.39, 0.29) is 0 Å². The minimum atomic E-state index is -2.39. The lowest BCUT2D eigenvalue weighted by atomic mass is 10.2. The monoisotopic (exact) mass is 306 g/mol. The van der Waals surface area contributed by atoms with E-state index >= 15 is 0 Å². The SMILES string of the molecule is C=CC(=O)OC(CCCCC)[PH](=O)OCC[N+](C)(C)C. The van der Waals surface area contributed by atoms with Gasteiger partial charge in [-0.05, 0) is 12.8 Å². The van der Waals surface area contributed by atoms with Gasteiger partial charge in [0, 0.05) is 6.08 Å². The van der Waals surface area contributed by atoms with E-state index in [0.29, 0.717) is 13.0 Å². The highest BCUT2D eigenvalue weighted by Gasteiger charge is 2.21. The average Bonchev–Trinajstić information content (AvgIpc) is 2.35. The number of carbonyl (C=O) groups excluding carboxylic acids is 1. The van der Waals surface area contributed by atoms with Gasteiger partial charge >= 0.3 is 5.97 Å². The summed E-state index contributed by atoms with van der Waals surface area (Å²) < 4.78 is 23.4. The Bertz CT molecular complexity index is 326. The first kappa shape index (κ1) is 19.4. The van der Waals surface area contributed by atoms with E-state index in [0.717, 1.165) is 36.4 Å². The van der Waals surface area contributed by atoms with Crippen LogP contribution in [-0.2, 0) is 18.6 Å². The molecule has 20 heavy (non-hydrogen) atoms. The van der Waals surface area contributed by atoms with Crippen molar-refractivity contribution in [2.45, 2.75) is 38.5 Å².